The zero-order valence-electron chi connectivity index (χ0n) is 15.4. The molecule has 0 bridgehead atoms. The lowest BCUT2D eigenvalue weighted by atomic mass is 9.94. The van der Waals surface area contributed by atoms with Gasteiger partial charge in [0.1, 0.15) is 0 Å². The summed E-state index contributed by atoms with van der Waals surface area (Å²) in [7, 11) is 3.86. The third-order valence-electron chi connectivity index (χ3n) is 5.19. The second-order valence-corrected chi connectivity index (χ2v) is 7.25. The van der Waals surface area contributed by atoms with Gasteiger partial charge in [0, 0.05) is 45.3 Å². The Bertz CT molecular complexity index is 421. The average Bonchev–Trinajstić information content (AvgIpc) is 2.99. The van der Waals surface area contributed by atoms with Crippen LogP contribution in [0.25, 0.3) is 0 Å². The van der Waals surface area contributed by atoms with E-state index in [1.807, 2.05) is 0 Å². The van der Waals surface area contributed by atoms with Crippen LogP contribution in [0.2, 0.25) is 0 Å². The maximum atomic E-state index is 12.5. The molecule has 0 amide bonds. The average molecular weight is 363 g/mol. The Balaban J connectivity index is 1.65. The maximum Gasteiger partial charge on any atom is 0.401 e. The quantitative estimate of drug-likeness (QED) is 0.560. The third-order valence-corrected chi connectivity index (χ3v) is 5.19. The Hall–Kier alpha value is -1.02. The van der Waals surface area contributed by atoms with E-state index in [9.17, 15) is 13.2 Å². The summed E-state index contributed by atoms with van der Waals surface area (Å²) in [6.45, 7) is 1.77. The van der Waals surface area contributed by atoms with Crippen LogP contribution in [0.15, 0.2) is 4.99 Å². The molecule has 1 aliphatic heterocycles. The van der Waals surface area contributed by atoms with Crippen LogP contribution in [-0.4, -0.2) is 80.8 Å². The van der Waals surface area contributed by atoms with Crippen LogP contribution < -0.4 is 10.6 Å². The molecule has 2 rings (SSSR count). The van der Waals surface area contributed by atoms with Crippen LogP contribution in [0.1, 0.15) is 38.5 Å². The topological polar surface area (TPSA) is 42.9 Å². The molecule has 1 heterocycles. The van der Waals surface area contributed by atoms with Crippen molar-refractivity contribution in [2.75, 3.05) is 46.8 Å². The summed E-state index contributed by atoms with van der Waals surface area (Å²) in [5.41, 5.74) is 0. The summed E-state index contributed by atoms with van der Waals surface area (Å²) in [6.07, 6.45) is 3.13. The number of guanidine groups is 1. The van der Waals surface area contributed by atoms with E-state index in [1.54, 1.807) is 7.05 Å². The third kappa shape index (κ3) is 7.40. The highest BCUT2D eigenvalue weighted by molar-refractivity contribution is 5.80. The zero-order chi connectivity index (χ0) is 18.3. The second kappa shape index (κ2) is 9.62. The minimum absolute atomic E-state index is 0.0182. The van der Waals surface area contributed by atoms with E-state index in [2.05, 4.69) is 27.6 Å². The summed E-state index contributed by atoms with van der Waals surface area (Å²) < 4.78 is 37.4. The van der Waals surface area contributed by atoms with Crippen molar-refractivity contribution in [1.82, 2.24) is 20.4 Å². The minimum atomic E-state index is -4.13. The molecule has 0 spiro atoms. The lowest BCUT2D eigenvalue weighted by Crippen LogP contribution is -2.47. The smallest absolute Gasteiger partial charge is 0.355 e. The van der Waals surface area contributed by atoms with E-state index in [0.29, 0.717) is 31.5 Å². The molecule has 2 N–H and O–H groups in total. The molecule has 0 aromatic rings. The van der Waals surface area contributed by atoms with Crippen molar-refractivity contribution in [3.63, 3.8) is 0 Å². The fourth-order valence-electron chi connectivity index (χ4n) is 3.79. The van der Waals surface area contributed by atoms with Gasteiger partial charge in [-0.1, -0.05) is 19.3 Å². The molecule has 0 aromatic carbocycles. The van der Waals surface area contributed by atoms with Gasteiger partial charge in [0.05, 0.1) is 6.54 Å². The molecule has 8 heteroatoms. The van der Waals surface area contributed by atoms with Gasteiger partial charge in [0.2, 0.25) is 0 Å². The Labute approximate surface area is 149 Å². The standard InChI is InChI=1S/C17H32F3N5/c1-21-16(22-9-11-24(2)15-6-4-3-5-7-15)23-14-8-10-25(12-14)13-17(18,19)20/h14-15H,3-13H2,1-2H3,(H2,21,22,23). The molecule has 25 heavy (non-hydrogen) atoms. The molecule has 146 valence electrons. The van der Waals surface area contributed by atoms with Crippen LogP contribution in [0.4, 0.5) is 13.2 Å². The number of likely N-dealkylation sites (N-methyl/N-ethyl adjacent to an activating group) is 1. The number of likely N-dealkylation sites (tertiary alicyclic amines) is 1. The van der Waals surface area contributed by atoms with E-state index in [0.717, 1.165) is 13.1 Å². The highest BCUT2D eigenvalue weighted by Gasteiger charge is 2.34. The van der Waals surface area contributed by atoms with E-state index in [1.165, 1.54) is 37.0 Å². The van der Waals surface area contributed by atoms with Crippen molar-refractivity contribution in [3.05, 3.63) is 0 Å². The van der Waals surface area contributed by atoms with Crippen LogP contribution in [-0.2, 0) is 0 Å². The van der Waals surface area contributed by atoms with Crippen molar-refractivity contribution in [2.45, 2.75) is 56.8 Å². The zero-order valence-corrected chi connectivity index (χ0v) is 15.4. The summed E-state index contributed by atoms with van der Waals surface area (Å²) in [5, 5.41) is 6.53. The number of rotatable bonds is 6. The lowest BCUT2D eigenvalue weighted by molar-refractivity contribution is -0.143. The van der Waals surface area contributed by atoms with Gasteiger partial charge in [-0.15, -0.1) is 0 Å². The molecular weight excluding hydrogens is 331 g/mol. The summed E-state index contributed by atoms with van der Waals surface area (Å²) in [4.78, 5) is 8.04. The first-order valence-electron chi connectivity index (χ1n) is 9.34. The Kier molecular flexibility index (Phi) is 7.81. The molecule has 1 atom stereocenters. The minimum Gasteiger partial charge on any atom is -0.355 e. The van der Waals surface area contributed by atoms with Gasteiger partial charge in [-0.25, -0.2) is 0 Å². The van der Waals surface area contributed by atoms with E-state index >= 15 is 0 Å². The Morgan fingerprint density at radius 3 is 2.56 bits per heavy atom. The van der Waals surface area contributed by atoms with Crippen molar-refractivity contribution in [2.24, 2.45) is 4.99 Å². The summed E-state index contributed by atoms with van der Waals surface area (Å²) in [5.74, 6) is 0.677. The molecule has 5 nitrogen and oxygen atoms in total. The van der Waals surface area contributed by atoms with Crippen LogP contribution in [0.3, 0.4) is 0 Å². The number of nitrogens with zero attached hydrogens (tertiary/aromatic N) is 3. The predicted molar refractivity (Wildman–Crippen MR) is 94.9 cm³/mol. The molecule has 2 fully saturated rings. The molecule has 1 saturated heterocycles. The number of nitrogens with one attached hydrogen (secondary N) is 2. The highest BCUT2D eigenvalue weighted by atomic mass is 19.4. The first-order valence-corrected chi connectivity index (χ1v) is 9.34. The number of aliphatic imine (C=N–C) groups is 1. The van der Waals surface area contributed by atoms with Crippen molar-refractivity contribution >= 4 is 5.96 Å². The first-order chi connectivity index (χ1) is 11.9. The maximum absolute atomic E-state index is 12.5. The van der Waals surface area contributed by atoms with Crippen LogP contribution in [0, 0.1) is 0 Å². The number of hydrogen-bond acceptors (Lipinski definition) is 3. The van der Waals surface area contributed by atoms with Gasteiger partial charge < -0.3 is 15.5 Å². The number of hydrogen-bond donors (Lipinski definition) is 2. The van der Waals surface area contributed by atoms with Gasteiger partial charge in [0.15, 0.2) is 5.96 Å². The van der Waals surface area contributed by atoms with Gasteiger partial charge in [-0.05, 0) is 26.3 Å². The molecule has 1 aliphatic carbocycles. The van der Waals surface area contributed by atoms with Crippen LogP contribution in [0.5, 0.6) is 0 Å². The second-order valence-electron chi connectivity index (χ2n) is 7.25. The summed E-state index contributed by atoms with van der Waals surface area (Å²) >= 11 is 0. The number of halogens is 3. The molecule has 1 unspecified atom stereocenters. The van der Waals surface area contributed by atoms with Gasteiger partial charge in [-0.2, -0.15) is 13.2 Å². The molecule has 1 saturated carbocycles. The Morgan fingerprint density at radius 2 is 1.92 bits per heavy atom. The van der Waals surface area contributed by atoms with E-state index < -0.39 is 12.7 Å². The van der Waals surface area contributed by atoms with Gasteiger partial charge in [-0.3, -0.25) is 9.89 Å². The fourth-order valence-corrected chi connectivity index (χ4v) is 3.79. The van der Waals surface area contributed by atoms with Crippen molar-refractivity contribution in [3.8, 4) is 0 Å². The largest absolute Gasteiger partial charge is 0.401 e. The van der Waals surface area contributed by atoms with Crippen molar-refractivity contribution in [1.29, 1.82) is 0 Å². The van der Waals surface area contributed by atoms with Crippen LogP contribution >= 0.6 is 0 Å². The Morgan fingerprint density at radius 1 is 1.20 bits per heavy atom. The predicted octanol–water partition coefficient (Wildman–Crippen LogP) is 2.05. The lowest BCUT2D eigenvalue weighted by Gasteiger charge is -2.31. The fraction of sp³-hybridized carbons (Fsp3) is 0.941. The SMILES string of the molecule is CN=C(NCCN(C)C1CCCCC1)NC1CCN(CC(F)(F)F)C1. The molecule has 0 aromatic heterocycles. The molecule has 0 radical (unpaired) electrons. The van der Waals surface area contributed by atoms with Crippen molar-refractivity contribution < 1.29 is 13.2 Å². The summed E-state index contributed by atoms with van der Waals surface area (Å²) in [6, 6.07) is 0.695. The molecule has 2 aliphatic rings. The van der Waals surface area contributed by atoms with Gasteiger partial charge in [0.25, 0.3) is 0 Å². The monoisotopic (exact) mass is 363 g/mol. The molecular formula is C17H32F3N5. The van der Waals surface area contributed by atoms with Gasteiger partial charge >= 0.3 is 6.18 Å². The number of alkyl halides is 3. The van der Waals surface area contributed by atoms with E-state index in [-0.39, 0.29) is 6.04 Å². The van der Waals surface area contributed by atoms with E-state index in [4.69, 9.17) is 0 Å². The highest BCUT2D eigenvalue weighted by Crippen LogP contribution is 2.21. The normalized spacial score (nSPS) is 24.1. The first kappa shape index (κ1) is 20.3.